The molecule has 0 amide bonds. The van der Waals surface area contributed by atoms with Crippen LogP contribution in [0.5, 0.6) is 0 Å². The lowest BCUT2D eigenvalue weighted by Crippen LogP contribution is -2.47. The van der Waals surface area contributed by atoms with Crippen LogP contribution in [-0.4, -0.2) is 37.1 Å². The Morgan fingerprint density at radius 3 is 2.61 bits per heavy atom. The molecule has 1 saturated carbocycles. The first-order valence-electron chi connectivity index (χ1n) is 8.20. The van der Waals surface area contributed by atoms with Crippen molar-refractivity contribution in [3.63, 3.8) is 0 Å². The Morgan fingerprint density at radius 2 is 1.89 bits per heavy atom. The van der Waals surface area contributed by atoms with Gasteiger partial charge < -0.3 is 10.2 Å². The van der Waals surface area contributed by atoms with Crippen molar-refractivity contribution < 1.29 is 0 Å². The van der Waals surface area contributed by atoms with Gasteiger partial charge in [-0.05, 0) is 57.0 Å². The molecule has 1 aliphatic heterocycles. The molecule has 1 heterocycles. The zero-order valence-corrected chi connectivity index (χ0v) is 12.5. The topological polar surface area (TPSA) is 15.3 Å². The van der Waals surface area contributed by atoms with Gasteiger partial charge in [0, 0.05) is 19.1 Å². The van der Waals surface area contributed by atoms with E-state index in [0.717, 1.165) is 17.9 Å². The van der Waals surface area contributed by atoms with Crippen LogP contribution in [0.3, 0.4) is 0 Å². The number of nitrogens with one attached hydrogen (secondary N) is 1. The van der Waals surface area contributed by atoms with Crippen LogP contribution in [0.1, 0.15) is 58.8 Å². The zero-order valence-electron chi connectivity index (χ0n) is 12.5. The molecular formula is C16H32N2. The third-order valence-corrected chi connectivity index (χ3v) is 4.65. The fraction of sp³-hybridized carbons (Fsp3) is 1.00. The number of piperidine rings is 1. The molecule has 1 aliphatic carbocycles. The minimum Gasteiger partial charge on any atom is -0.313 e. The van der Waals surface area contributed by atoms with Gasteiger partial charge in [0.25, 0.3) is 0 Å². The summed E-state index contributed by atoms with van der Waals surface area (Å²) in [6, 6.07) is 0.763. The normalized spacial score (nSPS) is 27.2. The van der Waals surface area contributed by atoms with Gasteiger partial charge in [0.2, 0.25) is 0 Å². The van der Waals surface area contributed by atoms with E-state index in [1.165, 1.54) is 71.1 Å². The molecule has 2 rings (SSSR count). The molecule has 2 fully saturated rings. The minimum atomic E-state index is 0.763. The average Bonchev–Trinajstić information content (AvgIpc) is 2.82. The van der Waals surface area contributed by atoms with E-state index in [0.29, 0.717) is 0 Å². The summed E-state index contributed by atoms with van der Waals surface area (Å²) in [5, 5.41) is 3.77. The van der Waals surface area contributed by atoms with Crippen LogP contribution in [0.4, 0.5) is 0 Å². The Balaban J connectivity index is 1.64. The van der Waals surface area contributed by atoms with Gasteiger partial charge in [-0.1, -0.05) is 26.7 Å². The van der Waals surface area contributed by atoms with Crippen molar-refractivity contribution in [2.24, 2.45) is 11.8 Å². The SMILES string of the molecule is CC(C)CCNC1CCCN(CC2CCCC2)C1. The van der Waals surface area contributed by atoms with Gasteiger partial charge in [-0.3, -0.25) is 0 Å². The summed E-state index contributed by atoms with van der Waals surface area (Å²) < 4.78 is 0. The van der Waals surface area contributed by atoms with E-state index in [4.69, 9.17) is 0 Å². The van der Waals surface area contributed by atoms with Crippen molar-refractivity contribution >= 4 is 0 Å². The molecule has 1 saturated heterocycles. The Hall–Kier alpha value is -0.0800. The quantitative estimate of drug-likeness (QED) is 0.780. The van der Waals surface area contributed by atoms with Gasteiger partial charge in [0.05, 0.1) is 0 Å². The summed E-state index contributed by atoms with van der Waals surface area (Å²) in [6.45, 7) is 9.86. The van der Waals surface area contributed by atoms with E-state index in [9.17, 15) is 0 Å². The van der Waals surface area contributed by atoms with Gasteiger partial charge in [0.1, 0.15) is 0 Å². The molecule has 0 aromatic carbocycles. The predicted octanol–water partition coefficient (Wildman–Crippen LogP) is 3.28. The molecule has 1 N–H and O–H groups in total. The number of likely N-dealkylation sites (tertiary alicyclic amines) is 1. The Labute approximate surface area is 114 Å². The Kier molecular flexibility index (Phi) is 5.97. The first-order chi connectivity index (χ1) is 8.74. The third kappa shape index (κ3) is 4.89. The van der Waals surface area contributed by atoms with E-state index in [2.05, 4.69) is 24.1 Å². The highest BCUT2D eigenvalue weighted by Gasteiger charge is 2.23. The number of nitrogens with zero attached hydrogens (tertiary/aromatic N) is 1. The van der Waals surface area contributed by atoms with Crippen LogP contribution >= 0.6 is 0 Å². The smallest absolute Gasteiger partial charge is 0.0195 e. The average molecular weight is 252 g/mol. The summed E-state index contributed by atoms with van der Waals surface area (Å²) in [6.07, 6.45) is 10.0. The van der Waals surface area contributed by atoms with Crippen molar-refractivity contribution in [1.29, 1.82) is 0 Å². The molecule has 106 valence electrons. The van der Waals surface area contributed by atoms with Crippen molar-refractivity contribution in [1.82, 2.24) is 10.2 Å². The van der Waals surface area contributed by atoms with Gasteiger partial charge in [-0.15, -0.1) is 0 Å². The molecule has 2 aliphatic rings. The minimum absolute atomic E-state index is 0.763. The lowest BCUT2D eigenvalue weighted by Gasteiger charge is -2.35. The summed E-state index contributed by atoms with van der Waals surface area (Å²) in [5.41, 5.74) is 0. The molecule has 2 nitrogen and oxygen atoms in total. The Morgan fingerprint density at radius 1 is 1.11 bits per heavy atom. The van der Waals surface area contributed by atoms with Crippen molar-refractivity contribution in [3.8, 4) is 0 Å². The van der Waals surface area contributed by atoms with Crippen LogP contribution in [0, 0.1) is 11.8 Å². The molecule has 1 unspecified atom stereocenters. The number of hydrogen-bond acceptors (Lipinski definition) is 2. The van der Waals surface area contributed by atoms with Gasteiger partial charge >= 0.3 is 0 Å². The van der Waals surface area contributed by atoms with E-state index in [1.807, 2.05) is 0 Å². The largest absolute Gasteiger partial charge is 0.313 e. The maximum Gasteiger partial charge on any atom is 0.0195 e. The molecule has 2 heteroatoms. The zero-order chi connectivity index (χ0) is 12.8. The predicted molar refractivity (Wildman–Crippen MR) is 78.9 cm³/mol. The van der Waals surface area contributed by atoms with Crippen molar-refractivity contribution in [2.75, 3.05) is 26.2 Å². The van der Waals surface area contributed by atoms with Gasteiger partial charge in [0.15, 0.2) is 0 Å². The number of hydrogen-bond donors (Lipinski definition) is 1. The van der Waals surface area contributed by atoms with Gasteiger partial charge in [-0.2, -0.15) is 0 Å². The first kappa shape index (κ1) is 14.3. The highest BCUT2D eigenvalue weighted by molar-refractivity contribution is 4.81. The monoisotopic (exact) mass is 252 g/mol. The van der Waals surface area contributed by atoms with Gasteiger partial charge in [-0.25, -0.2) is 0 Å². The fourth-order valence-corrected chi connectivity index (χ4v) is 3.52. The van der Waals surface area contributed by atoms with E-state index in [-0.39, 0.29) is 0 Å². The van der Waals surface area contributed by atoms with E-state index < -0.39 is 0 Å². The highest BCUT2D eigenvalue weighted by atomic mass is 15.2. The molecule has 0 radical (unpaired) electrons. The van der Waals surface area contributed by atoms with Crippen LogP contribution in [-0.2, 0) is 0 Å². The fourth-order valence-electron chi connectivity index (χ4n) is 3.52. The summed E-state index contributed by atoms with van der Waals surface area (Å²) in [7, 11) is 0. The lowest BCUT2D eigenvalue weighted by molar-refractivity contribution is 0.165. The second-order valence-corrected chi connectivity index (χ2v) is 6.89. The Bertz CT molecular complexity index is 221. The molecule has 0 aromatic rings. The van der Waals surface area contributed by atoms with E-state index in [1.54, 1.807) is 0 Å². The number of rotatable bonds is 6. The molecule has 0 spiro atoms. The van der Waals surface area contributed by atoms with E-state index >= 15 is 0 Å². The standard InChI is InChI=1S/C16H32N2/c1-14(2)9-10-17-16-8-5-11-18(13-16)12-15-6-3-4-7-15/h14-17H,3-13H2,1-2H3. The highest BCUT2D eigenvalue weighted by Crippen LogP contribution is 2.26. The lowest BCUT2D eigenvalue weighted by atomic mass is 10.0. The second-order valence-electron chi connectivity index (χ2n) is 6.89. The van der Waals surface area contributed by atoms with Crippen LogP contribution in [0.25, 0.3) is 0 Å². The van der Waals surface area contributed by atoms with Crippen molar-refractivity contribution in [2.45, 2.75) is 64.8 Å². The van der Waals surface area contributed by atoms with Crippen LogP contribution < -0.4 is 5.32 Å². The van der Waals surface area contributed by atoms with Crippen molar-refractivity contribution in [3.05, 3.63) is 0 Å². The third-order valence-electron chi connectivity index (χ3n) is 4.65. The van der Waals surface area contributed by atoms with Crippen LogP contribution in [0.2, 0.25) is 0 Å². The maximum absolute atomic E-state index is 3.77. The summed E-state index contributed by atoms with van der Waals surface area (Å²) in [4.78, 5) is 2.73. The molecule has 18 heavy (non-hydrogen) atoms. The molecular weight excluding hydrogens is 220 g/mol. The maximum atomic E-state index is 3.77. The molecule has 1 atom stereocenters. The van der Waals surface area contributed by atoms with Crippen LogP contribution in [0.15, 0.2) is 0 Å². The molecule has 0 bridgehead atoms. The summed E-state index contributed by atoms with van der Waals surface area (Å²) in [5.74, 6) is 1.84. The first-order valence-corrected chi connectivity index (χ1v) is 8.20. The molecule has 0 aromatic heterocycles. The summed E-state index contributed by atoms with van der Waals surface area (Å²) >= 11 is 0. The second kappa shape index (κ2) is 7.49.